The molecule has 1 heterocycles. The first-order chi connectivity index (χ1) is 12.0. The van der Waals surface area contributed by atoms with Crippen LogP contribution in [0.2, 0.25) is 0 Å². The van der Waals surface area contributed by atoms with Gasteiger partial charge in [-0.1, -0.05) is 0 Å². The third-order valence-corrected chi connectivity index (χ3v) is 5.05. The van der Waals surface area contributed by atoms with Crippen LogP contribution in [0.5, 0.6) is 0 Å². The van der Waals surface area contributed by atoms with Crippen molar-refractivity contribution in [1.82, 2.24) is 9.88 Å². The number of carbonyl (C=O) groups is 2. The molecule has 1 fully saturated rings. The van der Waals surface area contributed by atoms with Crippen LogP contribution in [-0.2, 0) is 4.79 Å². The van der Waals surface area contributed by atoms with E-state index in [0.717, 1.165) is 10.7 Å². The Balaban J connectivity index is 1.52. The zero-order valence-corrected chi connectivity index (χ0v) is 15.2. The average molecular weight is 358 g/mol. The molecule has 3 rings (SSSR count). The van der Waals surface area contributed by atoms with E-state index in [0.29, 0.717) is 29.4 Å². The number of hydrogen-bond donors (Lipinski definition) is 2. The first kappa shape index (κ1) is 17.6. The van der Waals surface area contributed by atoms with Crippen LogP contribution >= 0.6 is 11.3 Å². The number of amides is 2. The minimum Gasteiger partial charge on any atom is -0.326 e. The largest absolute Gasteiger partial charge is 0.326 e. The summed E-state index contributed by atoms with van der Waals surface area (Å²) in [4.78, 5) is 31.0. The van der Waals surface area contributed by atoms with E-state index in [4.69, 9.17) is 0 Å². The number of hydrogen-bond acceptors (Lipinski definition) is 5. The molecule has 0 bridgehead atoms. The predicted octanol–water partition coefficient (Wildman–Crippen LogP) is 3.16. The van der Waals surface area contributed by atoms with Crippen LogP contribution in [0.15, 0.2) is 30.5 Å². The van der Waals surface area contributed by atoms with Crippen LogP contribution in [0.3, 0.4) is 0 Å². The van der Waals surface area contributed by atoms with E-state index in [1.807, 2.05) is 19.0 Å². The van der Waals surface area contributed by atoms with E-state index in [1.54, 1.807) is 30.5 Å². The fourth-order valence-electron chi connectivity index (χ4n) is 2.29. The van der Waals surface area contributed by atoms with Crippen molar-refractivity contribution < 1.29 is 9.59 Å². The summed E-state index contributed by atoms with van der Waals surface area (Å²) in [6.07, 6.45) is 4.44. The molecule has 1 aromatic carbocycles. The Labute approximate surface area is 151 Å². The van der Waals surface area contributed by atoms with E-state index in [9.17, 15) is 9.59 Å². The highest BCUT2D eigenvalue weighted by Crippen LogP contribution is 2.41. The summed E-state index contributed by atoms with van der Waals surface area (Å²) in [5.41, 5.74) is 1.41. The lowest BCUT2D eigenvalue weighted by molar-refractivity contribution is -0.116. The normalized spacial score (nSPS) is 13.7. The molecule has 132 valence electrons. The minimum atomic E-state index is -0.146. The van der Waals surface area contributed by atoms with Gasteiger partial charge in [0.05, 0.1) is 11.2 Å². The van der Waals surface area contributed by atoms with Crippen molar-refractivity contribution in [2.45, 2.75) is 25.2 Å². The maximum atomic E-state index is 12.3. The van der Waals surface area contributed by atoms with Crippen LogP contribution in [0.4, 0.5) is 11.4 Å². The van der Waals surface area contributed by atoms with E-state index in [2.05, 4.69) is 15.6 Å². The molecule has 7 heteroatoms. The Bertz CT molecular complexity index is 751. The highest BCUT2D eigenvalue weighted by atomic mass is 32.1. The van der Waals surface area contributed by atoms with Gasteiger partial charge in [0, 0.05) is 30.3 Å². The van der Waals surface area contributed by atoms with Gasteiger partial charge in [-0.25, -0.2) is 4.98 Å². The average Bonchev–Trinajstić information content (AvgIpc) is 3.31. The van der Waals surface area contributed by atoms with E-state index in [1.165, 1.54) is 24.2 Å². The van der Waals surface area contributed by atoms with Crippen molar-refractivity contribution in [2.75, 3.05) is 31.3 Å². The lowest BCUT2D eigenvalue weighted by Gasteiger charge is -2.10. The standard InChI is InChI=1S/C18H22N4O2S/c1-22(2)10-9-16(23)20-13-5-7-14(8-6-13)21-17(24)15-11-19-18(25-15)12-3-4-12/h5-8,11-12H,3-4,9-10H2,1-2H3,(H,20,23)(H,21,24). The lowest BCUT2D eigenvalue weighted by Crippen LogP contribution is -2.20. The van der Waals surface area contributed by atoms with Gasteiger partial charge in [-0.15, -0.1) is 11.3 Å². The molecule has 0 saturated heterocycles. The van der Waals surface area contributed by atoms with Gasteiger partial charge in [0.15, 0.2) is 0 Å². The van der Waals surface area contributed by atoms with Gasteiger partial charge in [0.25, 0.3) is 5.91 Å². The number of benzene rings is 1. The zero-order valence-electron chi connectivity index (χ0n) is 14.4. The van der Waals surface area contributed by atoms with Crippen LogP contribution in [0.25, 0.3) is 0 Å². The van der Waals surface area contributed by atoms with E-state index in [-0.39, 0.29) is 11.8 Å². The molecule has 0 unspecified atom stereocenters. The Kier molecular flexibility index (Phi) is 5.45. The molecule has 0 radical (unpaired) electrons. The summed E-state index contributed by atoms with van der Waals surface area (Å²) in [5.74, 6) is 0.386. The van der Waals surface area contributed by atoms with Crippen LogP contribution in [0.1, 0.15) is 39.9 Å². The van der Waals surface area contributed by atoms with E-state index >= 15 is 0 Å². The maximum Gasteiger partial charge on any atom is 0.267 e. The van der Waals surface area contributed by atoms with Gasteiger partial charge in [0.2, 0.25) is 5.91 Å². The summed E-state index contributed by atoms with van der Waals surface area (Å²) in [6, 6.07) is 7.13. The molecule has 1 aromatic heterocycles. The van der Waals surface area contributed by atoms with Crippen molar-refractivity contribution in [3.05, 3.63) is 40.3 Å². The number of thiazole rings is 1. The first-order valence-corrected chi connectivity index (χ1v) is 9.14. The Morgan fingerprint density at radius 1 is 1.16 bits per heavy atom. The van der Waals surface area contributed by atoms with Crippen molar-refractivity contribution in [3.63, 3.8) is 0 Å². The Morgan fingerprint density at radius 2 is 1.80 bits per heavy atom. The second kappa shape index (κ2) is 7.76. The smallest absolute Gasteiger partial charge is 0.267 e. The van der Waals surface area contributed by atoms with Gasteiger partial charge in [-0.2, -0.15) is 0 Å². The van der Waals surface area contributed by atoms with E-state index < -0.39 is 0 Å². The van der Waals surface area contributed by atoms with Gasteiger partial charge < -0.3 is 15.5 Å². The minimum absolute atomic E-state index is 0.0252. The first-order valence-electron chi connectivity index (χ1n) is 8.33. The summed E-state index contributed by atoms with van der Waals surface area (Å²) in [7, 11) is 3.86. The molecular formula is C18H22N4O2S. The molecule has 2 N–H and O–H groups in total. The maximum absolute atomic E-state index is 12.3. The van der Waals surface area contributed by atoms with Crippen LogP contribution < -0.4 is 10.6 Å². The molecule has 6 nitrogen and oxygen atoms in total. The fourth-order valence-corrected chi connectivity index (χ4v) is 3.27. The number of anilines is 2. The molecule has 1 aliphatic rings. The van der Waals surface area contributed by atoms with Crippen LogP contribution in [0, 0.1) is 0 Å². The van der Waals surface area contributed by atoms with Crippen molar-refractivity contribution in [3.8, 4) is 0 Å². The molecule has 25 heavy (non-hydrogen) atoms. The molecular weight excluding hydrogens is 336 g/mol. The van der Waals surface area contributed by atoms with Gasteiger partial charge in [-0.05, 0) is 51.2 Å². The predicted molar refractivity (Wildman–Crippen MR) is 100 cm³/mol. The van der Waals surface area contributed by atoms with Crippen molar-refractivity contribution in [1.29, 1.82) is 0 Å². The van der Waals surface area contributed by atoms with Gasteiger partial charge in [0.1, 0.15) is 4.88 Å². The molecule has 0 aliphatic heterocycles. The number of aromatic nitrogens is 1. The number of nitrogens with zero attached hydrogens (tertiary/aromatic N) is 2. The third-order valence-electron chi connectivity index (χ3n) is 3.89. The number of rotatable bonds is 7. The second-order valence-electron chi connectivity index (χ2n) is 6.47. The quantitative estimate of drug-likeness (QED) is 0.797. The van der Waals surface area contributed by atoms with Crippen molar-refractivity contribution >= 4 is 34.5 Å². The fraction of sp³-hybridized carbons (Fsp3) is 0.389. The number of nitrogens with one attached hydrogen (secondary N) is 2. The van der Waals surface area contributed by atoms with Gasteiger partial charge in [-0.3, -0.25) is 9.59 Å². The molecule has 1 saturated carbocycles. The van der Waals surface area contributed by atoms with Crippen molar-refractivity contribution in [2.24, 2.45) is 0 Å². The summed E-state index contributed by atoms with van der Waals surface area (Å²) >= 11 is 1.47. The monoisotopic (exact) mass is 358 g/mol. The SMILES string of the molecule is CN(C)CCC(=O)Nc1ccc(NC(=O)c2cnc(C3CC3)s2)cc1. The summed E-state index contributed by atoms with van der Waals surface area (Å²) in [5, 5.41) is 6.77. The molecule has 1 aliphatic carbocycles. The Hall–Kier alpha value is -2.25. The molecule has 0 atom stereocenters. The molecule has 0 spiro atoms. The zero-order chi connectivity index (χ0) is 17.8. The summed E-state index contributed by atoms with van der Waals surface area (Å²) in [6.45, 7) is 0.706. The van der Waals surface area contributed by atoms with Gasteiger partial charge >= 0.3 is 0 Å². The lowest BCUT2D eigenvalue weighted by atomic mass is 10.2. The summed E-state index contributed by atoms with van der Waals surface area (Å²) < 4.78 is 0. The topological polar surface area (TPSA) is 74.3 Å². The number of carbonyl (C=O) groups excluding carboxylic acids is 2. The third kappa shape index (κ3) is 5.11. The molecule has 2 aromatic rings. The highest BCUT2D eigenvalue weighted by Gasteiger charge is 2.27. The van der Waals surface area contributed by atoms with Crippen LogP contribution in [-0.4, -0.2) is 42.3 Å². The second-order valence-corrected chi connectivity index (χ2v) is 7.53. The highest BCUT2D eigenvalue weighted by molar-refractivity contribution is 7.13. The Morgan fingerprint density at radius 3 is 2.40 bits per heavy atom. The molecule has 2 amide bonds.